The molecule has 1 aromatic heterocycles. The van der Waals surface area contributed by atoms with E-state index in [2.05, 4.69) is 9.88 Å². The topological polar surface area (TPSA) is 54.9 Å². The lowest BCUT2D eigenvalue weighted by atomic mass is 10.00. The number of benzene rings is 1. The van der Waals surface area contributed by atoms with Crippen molar-refractivity contribution in [2.45, 2.75) is 5.92 Å². The van der Waals surface area contributed by atoms with Gasteiger partial charge in [-0.3, -0.25) is 4.79 Å². The van der Waals surface area contributed by atoms with E-state index in [0.29, 0.717) is 6.61 Å². The first-order valence-electron chi connectivity index (χ1n) is 8.52. The molecule has 130 valence electrons. The van der Waals surface area contributed by atoms with Crippen LogP contribution in [0.1, 0.15) is 11.5 Å². The van der Waals surface area contributed by atoms with Gasteiger partial charge < -0.3 is 19.3 Å². The summed E-state index contributed by atoms with van der Waals surface area (Å²) in [6.07, 6.45) is 1.75. The van der Waals surface area contributed by atoms with Crippen molar-refractivity contribution in [3.8, 4) is 5.75 Å². The Hall–Kier alpha value is -2.60. The Labute approximate surface area is 147 Å². The third-order valence-electron chi connectivity index (χ3n) is 4.78. The number of fused-ring (bicyclic) bond motifs is 1. The van der Waals surface area contributed by atoms with Gasteiger partial charge >= 0.3 is 0 Å². The van der Waals surface area contributed by atoms with Crippen LogP contribution in [0.3, 0.4) is 0 Å². The fourth-order valence-corrected chi connectivity index (χ4v) is 3.28. The maximum atomic E-state index is 12.9. The first-order chi connectivity index (χ1) is 12.2. The predicted molar refractivity (Wildman–Crippen MR) is 95.4 cm³/mol. The Morgan fingerprint density at radius 3 is 2.76 bits per heavy atom. The molecule has 2 aromatic rings. The molecular formula is C19H21N3O3. The van der Waals surface area contributed by atoms with Crippen LogP contribution in [0.4, 0.5) is 11.5 Å². The van der Waals surface area contributed by atoms with Gasteiger partial charge in [-0.2, -0.15) is 0 Å². The molecule has 1 aromatic carbocycles. The van der Waals surface area contributed by atoms with E-state index in [1.807, 2.05) is 36.4 Å². The van der Waals surface area contributed by atoms with E-state index >= 15 is 0 Å². The molecule has 1 saturated heterocycles. The normalized spacial score (nSPS) is 19.2. The van der Waals surface area contributed by atoms with Gasteiger partial charge in [0.05, 0.1) is 25.1 Å². The molecule has 0 unspecified atom stereocenters. The first-order valence-corrected chi connectivity index (χ1v) is 8.52. The first kappa shape index (κ1) is 15.9. The molecule has 6 heteroatoms. The van der Waals surface area contributed by atoms with Crippen molar-refractivity contribution in [1.29, 1.82) is 0 Å². The largest absolute Gasteiger partial charge is 0.492 e. The fourth-order valence-electron chi connectivity index (χ4n) is 3.28. The fraction of sp³-hybridized carbons (Fsp3) is 0.368. The summed E-state index contributed by atoms with van der Waals surface area (Å²) in [6.45, 7) is 3.53. The van der Waals surface area contributed by atoms with Gasteiger partial charge in [-0.05, 0) is 18.2 Å². The highest BCUT2D eigenvalue weighted by molar-refractivity contribution is 5.98. The van der Waals surface area contributed by atoms with E-state index in [9.17, 15) is 4.79 Å². The Bertz CT molecular complexity index is 757. The van der Waals surface area contributed by atoms with Crippen molar-refractivity contribution in [2.75, 3.05) is 49.8 Å². The number of morpholine rings is 1. The van der Waals surface area contributed by atoms with Crippen LogP contribution in [-0.4, -0.2) is 50.8 Å². The summed E-state index contributed by atoms with van der Waals surface area (Å²) in [6, 6.07) is 11.6. The third kappa shape index (κ3) is 3.05. The number of para-hydroxylation sites is 1. The van der Waals surface area contributed by atoms with Crippen LogP contribution >= 0.6 is 0 Å². The lowest BCUT2D eigenvalue weighted by molar-refractivity contribution is -0.119. The highest BCUT2D eigenvalue weighted by Gasteiger charge is 2.32. The monoisotopic (exact) mass is 339 g/mol. The van der Waals surface area contributed by atoms with Crippen LogP contribution in [-0.2, 0) is 9.53 Å². The molecule has 1 atom stereocenters. The van der Waals surface area contributed by atoms with E-state index in [1.165, 1.54) is 0 Å². The van der Waals surface area contributed by atoms with Gasteiger partial charge in [-0.1, -0.05) is 18.2 Å². The van der Waals surface area contributed by atoms with Crippen LogP contribution in [0.2, 0.25) is 0 Å². The minimum absolute atomic E-state index is 0.0193. The number of pyridine rings is 1. The Balaban J connectivity index is 1.49. The molecule has 1 fully saturated rings. The van der Waals surface area contributed by atoms with Crippen LogP contribution < -0.4 is 14.5 Å². The van der Waals surface area contributed by atoms with Crippen molar-refractivity contribution in [2.24, 2.45) is 0 Å². The van der Waals surface area contributed by atoms with Gasteiger partial charge in [0.1, 0.15) is 24.1 Å². The molecule has 0 bridgehead atoms. The molecule has 1 amide bonds. The average Bonchev–Trinajstić information content (AvgIpc) is 3.12. The summed E-state index contributed by atoms with van der Waals surface area (Å²) in [5.74, 6) is 1.48. The maximum absolute atomic E-state index is 12.9. The molecule has 25 heavy (non-hydrogen) atoms. The molecule has 2 aliphatic rings. The van der Waals surface area contributed by atoms with Gasteiger partial charge in [0.2, 0.25) is 5.91 Å². The third-order valence-corrected chi connectivity index (χ3v) is 4.78. The Kier molecular flexibility index (Phi) is 4.28. The van der Waals surface area contributed by atoms with E-state index in [1.54, 1.807) is 18.1 Å². The predicted octanol–water partition coefficient (Wildman–Crippen LogP) is 2.06. The SMILES string of the molecule is CN(C(=O)[C@H]1COc2ccccc21)c1ccc(N2CCOCC2)nc1. The van der Waals surface area contributed by atoms with Crippen molar-refractivity contribution < 1.29 is 14.3 Å². The molecule has 4 rings (SSSR count). The summed E-state index contributed by atoms with van der Waals surface area (Å²) in [5, 5.41) is 0. The van der Waals surface area contributed by atoms with Crippen LogP contribution in [0.5, 0.6) is 5.75 Å². The second-order valence-corrected chi connectivity index (χ2v) is 6.27. The maximum Gasteiger partial charge on any atom is 0.237 e. The summed E-state index contributed by atoms with van der Waals surface area (Å²) in [5.41, 5.74) is 1.74. The van der Waals surface area contributed by atoms with Crippen molar-refractivity contribution >= 4 is 17.4 Å². The number of carbonyl (C=O) groups is 1. The summed E-state index contributed by atoms with van der Waals surface area (Å²) in [7, 11) is 1.79. The van der Waals surface area contributed by atoms with Crippen molar-refractivity contribution in [1.82, 2.24) is 4.98 Å². The average molecular weight is 339 g/mol. The highest BCUT2D eigenvalue weighted by atomic mass is 16.5. The van der Waals surface area contributed by atoms with Gasteiger partial charge in [0.15, 0.2) is 0 Å². The van der Waals surface area contributed by atoms with E-state index < -0.39 is 0 Å². The minimum atomic E-state index is -0.264. The second-order valence-electron chi connectivity index (χ2n) is 6.27. The van der Waals surface area contributed by atoms with Crippen LogP contribution in [0.15, 0.2) is 42.6 Å². The molecule has 0 spiro atoms. The van der Waals surface area contributed by atoms with Gasteiger partial charge in [-0.25, -0.2) is 4.98 Å². The smallest absolute Gasteiger partial charge is 0.237 e. The van der Waals surface area contributed by atoms with E-state index in [4.69, 9.17) is 9.47 Å². The van der Waals surface area contributed by atoms with Gasteiger partial charge in [0.25, 0.3) is 0 Å². The number of likely N-dealkylation sites (N-methyl/N-ethyl adjacent to an activating group) is 1. The number of ether oxygens (including phenoxy) is 2. The Morgan fingerprint density at radius 2 is 2.00 bits per heavy atom. The Morgan fingerprint density at radius 1 is 1.20 bits per heavy atom. The standard InChI is InChI=1S/C19H21N3O3/c1-21(19(23)16-13-25-17-5-3-2-4-15(16)17)14-6-7-18(20-12-14)22-8-10-24-11-9-22/h2-7,12,16H,8-11,13H2,1H3/t16-/m0/s1. The number of anilines is 2. The number of aromatic nitrogens is 1. The lowest BCUT2D eigenvalue weighted by Crippen LogP contribution is -2.37. The molecular weight excluding hydrogens is 318 g/mol. The zero-order valence-electron chi connectivity index (χ0n) is 14.2. The molecule has 2 aliphatic heterocycles. The number of hydrogen-bond donors (Lipinski definition) is 0. The minimum Gasteiger partial charge on any atom is -0.492 e. The number of carbonyl (C=O) groups excluding carboxylic acids is 1. The van der Waals surface area contributed by atoms with E-state index in [-0.39, 0.29) is 11.8 Å². The van der Waals surface area contributed by atoms with E-state index in [0.717, 1.165) is 49.1 Å². The highest BCUT2D eigenvalue weighted by Crippen LogP contribution is 2.35. The summed E-state index contributed by atoms with van der Waals surface area (Å²) >= 11 is 0. The molecule has 0 N–H and O–H groups in total. The molecule has 3 heterocycles. The van der Waals surface area contributed by atoms with Gasteiger partial charge in [-0.15, -0.1) is 0 Å². The van der Waals surface area contributed by atoms with Crippen molar-refractivity contribution in [3.05, 3.63) is 48.2 Å². The molecule has 0 radical (unpaired) electrons. The molecule has 0 saturated carbocycles. The van der Waals surface area contributed by atoms with Gasteiger partial charge in [0, 0.05) is 25.7 Å². The van der Waals surface area contributed by atoms with Crippen molar-refractivity contribution in [3.63, 3.8) is 0 Å². The summed E-state index contributed by atoms with van der Waals surface area (Å²) in [4.78, 5) is 21.3. The zero-order chi connectivity index (χ0) is 17.2. The van der Waals surface area contributed by atoms with Crippen LogP contribution in [0, 0.1) is 0 Å². The quantitative estimate of drug-likeness (QED) is 0.857. The molecule has 0 aliphatic carbocycles. The zero-order valence-corrected chi connectivity index (χ0v) is 14.2. The summed E-state index contributed by atoms with van der Waals surface area (Å²) < 4.78 is 11.0. The number of nitrogens with zero attached hydrogens (tertiary/aromatic N) is 3. The number of rotatable bonds is 3. The molecule has 6 nitrogen and oxygen atoms in total. The number of hydrogen-bond acceptors (Lipinski definition) is 5. The second kappa shape index (κ2) is 6.72. The number of amides is 1. The van der Waals surface area contributed by atoms with Crippen LogP contribution in [0.25, 0.3) is 0 Å². The lowest BCUT2D eigenvalue weighted by Gasteiger charge is -2.28.